The van der Waals surface area contributed by atoms with Gasteiger partial charge in [-0.15, -0.1) is 0 Å². The molecule has 2 aromatic rings. The zero-order valence-electron chi connectivity index (χ0n) is 19.5. The molecule has 0 saturated carbocycles. The van der Waals surface area contributed by atoms with Crippen molar-refractivity contribution in [3.8, 4) is 5.75 Å². The van der Waals surface area contributed by atoms with Crippen molar-refractivity contribution in [2.45, 2.75) is 26.2 Å². The normalized spacial score (nSPS) is 17.7. The van der Waals surface area contributed by atoms with Gasteiger partial charge in [-0.3, -0.25) is 14.6 Å². The summed E-state index contributed by atoms with van der Waals surface area (Å²) in [6, 6.07) is 12.9. The number of hydrogen-bond acceptors (Lipinski definition) is 7. The molecular formula is C26H31N3O5. The number of rotatable bonds is 8. The number of nitrogens with zero attached hydrogens (tertiary/aromatic N) is 2. The molecule has 1 unspecified atom stereocenters. The van der Waals surface area contributed by atoms with E-state index >= 15 is 0 Å². The van der Waals surface area contributed by atoms with Crippen LogP contribution in [0.3, 0.4) is 0 Å². The molecule has 0 spiro atoms. The number of anilines is 1. The first-order valence-corrected chi connectivity index (χ1v) is 11.8. The van der Waals surface area contributed by atoms with Gasteiger partial charge < -0.3 is 19.5 Å². The van der Waals surface area contributed by atoms with Gasteiger partial charge in [0.15, 0.2) is 0 Å². The third-order valence-corrected chi connectivity index (χ3v) is 5.75. The Morgan fingerprint density at radius 2 is 1.97 bits per heavy atom. The lowest BCUT2D eigenvalue weighted by molar-refractivity contribution is -0.145. The van der Waals surface area contributed by atoms with E-state index in [2.05, 4.69) is 10.4 Å². The lowest BCUT2D eigenvalue weighted by Gasteiger charge is -2.25. The van der Waals surface area contributed by atoms with Crippen molar-refractivity contribution in [3.63, 3.8) is 0 Å². The van der Waals surface area contributed by atoms with Crippen molar-refractivity contribution in [1.29, 1.82) is 0 Å². The first-order valence-electron chi connectivity index (χ1n) is 11.8. The van der Waals surface area contributed by atoms with Crippen LogP contribution in [-0.4, -0.2) is 62.6 Å². The number of fused-ring (bicyclic) bond motifs is 1. The monoisotopic (exact) mass is 465 g/mol. The molecule has 0 aliphatic carbocycles. The second-order valence-electron chi connectivity index (χ2n) is 8.51. The Labute approximate surface area is 199 Å². The molecule has 0 aromatic heterocycles. The number of hydrazone groups is 1. The third kappa shape index (κ3) is 6.57. The van der Waals surface area contributed by atoms with E-state index in [1.165, 1.54) is 0 Å². The summed E-state index contributed by atoms with van der Waals surface area (Å²) in [4.78, 5) is 24.7. The molecule has 1 atom stereocenters. The van der Waals surface area contributed by atoms with Crippen molar-refractivity contribution in [2.75, 3.05) is 44.8 Å². The highest BCUT2D eigenvalue weighted by atomic mass is 16.5. The highest BCUT2D eigenvalue weighted by Gasteiger charge is 2.23. The zero-order valence-corrected chi connectivity index (χ0v) is 19.5. The summed E-state index contributed by atoms with van der Waals surface area (Å²) in [7, 11) is 0. The van der Waals surface area contributed by atoms with Crippen molar-refractivity contribution >= 4 is 23.8 Å². The van der Waals surface area contributed by atoms with Gasteiger partial charge in [0, 0.05) is 17.2 Å². The van der Waals surface area contributed by atoms with Crippen molar-refractivity contribution < 1.29 is 23.8 Å². The number of carbonyl (C=O) groups excluding carboxylic acids is 2. The Morgan fingerprint density at radius 3 is 2.74 bits per heavy atom. The predicted molar refractivity (Wildman–Crippen MR) is 129 cm³/mol. The molecule has 8 nitrogen and oxygen atoms in total. The Morgan fingerprint density at radius 1 is 1.18 bits per heavy atom. The molecular weight excluding hydrogens is 434 g/mol. The lowest BCUT2D eigenvalue weighted by atomic mass is 9.93. The maximum absolute atomic E-state index is 12.7. The van der Waals surface area contributed by atoms with Crippen LogP contribution in [0.25, 0.3) is 0 Å². The summed E-state index contributed by atoms with van der Waals surface area (Å²) in [6.45, 7) is 5.86. The predicted octanol–water partition coefficient (Wildman–Crippen LogP) is 3.50. The van der Waals surface area contributed by atoms with Crippen molar-refractivity contribution in [1.82, 2.24) is 5.01 Å². The Kier molecular flexibility index (Phi) is 8.14. The Bertz CT molecular complexity index is 1020. The summed E-state index contributed by atoms with van der Waals surface area (Å²) in [5.74, 6) is 0.476. The number of esters is 1. The fourth-order valence-electron chi connectivity index (χ4n) is 3.92. The number of morpholine rings is 1. The van der Waals surface area contributed by atoms with Crippen LogP contribution in [0.4, 0.5) is 5.69 Å². The number of nitrogens with one attached hydrogen (secondary N) is 1. The molecule has 180 valence electrons. The number of carbonyl (C=O) groups is 2. The minimum atomic E-state index is -0.193. The van der Waals surface area contributed by atoms with Crippen LogP contribution in [0.15, 0.2) is 47.6 Å². The summed E-state index contributed by atoms with van der Waals surface area (Å²) >= 11 is 0. The van der Waals surface area contributed by atoms with E-state index in [1.54, 1.807) is 18.3 Å². The molecule has 8 heteroatoms. The van der Waals surface area contributed by atoms with Crippen LogP contribution in [0.5, 0.6) is 5.75 Å². The van der Waals surface area contributed by atoms with E-state index in [9.17, 15) is 9.59 Å². The fourth-order valence-corrected chi connectivity index (χ4v) is 3.92. The fraction of sp³-hybridized carbons (Fsp3) is 0.423. The molecule has 2 aliphatic rings. The molecule has 0 bridgehead atoms. The van der Waals surface area contributed by atoms with Gasteiger partial charge in [0.2, 0.25) is 0 Å². The van der Waals surface area contributed by atoms with E-state index in [0.29, 0.717) is 50.5 Å². The van der Waals surface area contributed by atoms with Crippen LogP contribution in [0, 0.1) is 5.92 Å². The van der Waals surface area contributed by atoms with Crippen LogP contribution >= 0.6 is 0 Å². The highest BCUT2D eigenvalue weighted by molar-refractivity contribution is 6.04. The smallest absolute Gasteiger partial charge is 0.306 e. The van der Waals surface area contributed by atoms with Crippen LogP contribution in [0.1, 0.15) is 41.3 Å². The minimum Gasteiger partial charge on any atom is -0.493 e. The maximum atomic E-state index is 12.7. The number of ether oxygens (including phenoxy) is 3. The second-order valence-corrected chi connectivity index (χ2v) is 8.51. The molecule has 1 fully saturated rings. The highest BCUT2D eigenvalue weighted by Crippen LogP contribution is 2.31. The Hall–Kier alpha value is -3.39. The topological polar surface area (TPSA) is 89.5 Å². The molecule has 2 aromatic carbocycles. The molecule has 0 radical (unpaired) electrons. The second kappa shape index (κ2) is 11.7. The minimum absolute atomic E-state index is 0.0643. The first-order chi connectivity index (χ1) is 16.6. The summed E-state index contributed by atoms with van der Waals surface area (Å²) in [6.07, 6.45) is 3.64. The van der Waals surface area contributed by atoms with Crippen molar-refractivity contribution in [2.24, 2.45) is 11.0 Å². The van der Waals surface area contributed by atoms with Gasteiger partial charge in [-0.1, -0.05) is 19.1 Å². The summed E-state index contributed by atoms with van der Waals surface area (Å²) in [5.41, 5.74) is 3.16. The number of amides is 1. The maximum Gasteiger partial charge on any atom is 0.306 e. The average molecular weight is 466 g/mol. The molecule has 1 saturated heterocycles. The molecule has 4 rings (SSSR count). The summed E-state index contributed by atoms with van der Waals surface area (Å²) < 4.78 is 16.3. The molecule has 1 amide bonds. The quantitative estimate of drug-likeness (QED) is 0.474. The van der Waals surface area contributed by atoms with Crippen LogP contribution in [0.2, 0.25) is 0 Å². The molecule has 34 heavy (non-hydrogen) atoms. The SMILES string of the molecule is CCCOC(=O)CC1COc2ccc(NC(=O)c3ccc(/C=N/N4CCOCC4)cc3)cc2C1. The number of benzene rings is 2. The standard InChI is InChI=1S/C26H31N3O5/c1-2-11-33-25(30)15-20-14-22-16-23(7-8-24(22)34-18-20)28-26(31)21-5-3-19(4-6-21)17-27-29-9-12-32-13-10-29/h3-8,16-17,20H,2,9-15,18H2,1H3,(H,28,31)/b27-17+. The number of hydrogen-bond donors (Lipinski definition) is 1. The molecule has 2 aliphatic heterocycles. The summed E-state index contributed by atoms with van der Waals surface area (Å²) in [5, 5.41) is 9.39. The van der Waals surface area contributed by atoms with E-state index < -0.39 is 0 Å². The molecule has 2 heterocycles. The van der Waals surface area contributed by atoms with E-state index in [0.717, 1.165) is 36.4 Å². The zero-order chi connectivity index (χ0) is 23.8. The van der Waals surface area contributed by atoms with Crippen LogP contribution in [-0.2, 0) is 20.7 Å². The van der Waals surface area contributed by atoms with Gasteiger partial charge in [-0.05, 0) is 54.3 Å². The van der Waals surface area contributed by atoms with Gasteiger partial charge in [-0.25, -0.2) is 0 Å². The van der Waals surface area contributed by atoms with E-state index in [1.807, 2.05) is 42.3 Å². The average Bonchev–Trinajstić information content (AvgIpc) is 2.87. The third-order valence-electron chi connectivity index (χ3n) is 5.75. The van der Waals surface area contributed by atoms with Crippen LogP contribution < -0.4 is 10.1 Å². The molecule has 1 N–H and O–H groups in total. The van der Waals surface area contributed by atoms with Gasteiger partial charge in [0.05, 0.1) is 52.2 Å². The largest absolute Gasteiger partial charge is 0.493 e. The first kappa shape index (κ1) is 23.8. The van der Waals surface area contributed by atoms with Gasteiger partial charge in [0.1, 0.15) is 5.75 Å². The van der Waals surface area contributed by atoms with Gasteiger partial charge in [0.25, 0.3) is 5.91 Å². The Balaban J connectivity index is 1.33. The van der Waals surface area contributed by atoms with Gasteiger partial charge in [-0.2, -0.15) is 5.10 Å². The van der Waals surface area contributed by atoms with Gasteiger partial charge >= 0.3 is 5.97 Å². The van der Waals surface area contributed by atoms with E-state index in [4.69, 9.17) is 14.2 Å². The lowest BCUT2D eigenvalue weighted by Crippen LogP contribution is -2.32. The van der Waals surface area contributed by atoms with Crippen molar-refractivity contribution in [3.05, 3.63) is 59.2 Å². The van der Waals surface area contributed by atoms with E-state index in [-0.39, 0.29) is 17.8 Å².